The summed E-state index contributed by atoms with van der Waals surface area (Å²) in [6, 6.07) is 11.8. The van der Waals surface area contributed by atoms with Gasteiger partial charge in [0.25, 0.3) is 0 Å². The van der Waals surface area contributed by atoms with E-state index in [1.807, 2.05) is 43.3 Å². The maximum atomic E-state index is 3.78. The second-order valence-corrected chi connectivity index (χ2v) is 4.12. The van der Waals surface area contributed by atoms with E-state index in [1.54, 1.807) is 12.4 Å². The molecule has 4 heteroatoms. The van der Waals surface area contributed by atoms with E-state index < -0.39 is 0 Å². The molecule has 0 fully saturated rings. The topological polar surface area (TPSA) is 16.8 Å². The van der Waals surface area contributed by atoms with Crippen LogP contribution < -0.4 is 21.5 Å². The molecule has 0 aliphatic heterocycles. The molecule has 0 saturated heterocycles. The van der Waals surface area contributed by atoms with Crippen LogP contribution in [0, 0.1) is 0 Å². The van der Waals surface area contributed by atoms with Gasteiger partial charge in [-0.05, 0) is 19.1 Å². The second-order valence-electron chi connectivity index (χ2n) is 3.00. The van der Waals surface area contributed by atoms with Crippen LogP contribution in [0.1, 0.15) is 13.8 Å². The summed E-state index contributed by atoms with van der Waals surface area (Å²) in [5, 5.41) is 1.06. The number of rotatable bonds is 1. The van der Waals surface area contributed by atoms with E-state index in [-0.39, 0.29) is 17.0 Å². The molecule has 0 saturated carbocycles. The summed E-state index contributed by atoms with van der Waals surface area (Å²) in [4.78, 5) is 3.78. The smallest absolute Gasteiger partial charge is 0.168 e. The lowest BCUT2D eigenvalue weighted by molar-refractivity contribution is -0.693. The largest absolute Gasteiger partial charge is 1.00 e. The highest BCUT2D eigenvalue weighted by Gasteiger charge is 1.86. The molecule has 2 heterocycles. The summed E-state index contributed by atoms with van der Waals surface area (Å²) < 4.78 is 2.12. The highest BCUT2D eigenvalue weighted by Crippen LogP contribution is 1.74. The molecule has 100 valence electrons. The number of alkyl halides is 1. The van der Waals surface area contributed by atoms with Crippen LogP contribution in [0.2, 0.25) is 0 Å². The van der Waals surface area contributed by atoms with Gasteiger partial charge in [-0.15, -0.1) is 0 Å². The molecule has 0 radical (unpaired) electrons. The molecule has 0 aromatic carbocycles. The lowest BCUT2D eigenvalue weighted by atomic mass is 10.5. The highest BCUT2D eigenvalue weighted by atomic mass is 79.9. The van der Waals surface area contributed by atoms with Gasteiger partial charge in [0.2, 0.25) is 0 Å². The van der Waals surface area contributed by atoms with Crippen LogP contribution in [0.4, 0.5) is 0 Å². The van der Waals surface area contributed by atoms with E-state index in [1.165, 1.54) is 0 Å². The van der Waals surface area contributed by atoms with Crippen LogP contribution in [-0.2, 0) is 6.54 Å². The molecule has 0 aliphatic rings. The minimum absolute atomic E-state index is 0. The number of hydrogen-bond acceptors (Lipinski definition) is 1. The van der Waals surface area contributed by atoms with Crippen LogP contribution in [-0.4, -0.2) is 10.3 Å². The van der Waals surface area contributed by atoms with Crippen molar-refractivity contribution in [2.24, 2.45) is 0 Å². The number of halogens is 2. The van der Waals surface area contributed by atoms with Crippen molar-refractivity contribution in [1.29, 1.82) is 0 Å². The Balaban J connectivity index is 0. The number of pyridine rings is 2. The van der Waals surface area contributed by atoms with Gasteiger partial charge in [0.15, 0.2) is 12.4 Å². The fourth-order valence-corrected chi connectivity index (χ4v) is 0.958. The van der Waals surface area contributed by atoms with Crippen molar-refractivity contribution in [3.8, 4) is 0 Å². The highest BCUT2D eigenvalue weighted by molar-refractivity contribution is 9.09. The van der Waals surface area contributed by atoms with Crippen molar-refractivity contribution in [2.75, 3.05) is 5.33 Å². The van der Waals surface area contributed by atoms with Crippen molar-refractivity contribution in [3.05, 3.63) is 61.2 Å². The molecule has 0 spiro atoms. The Kier molecular flexibility index (Phi) is 17.7. The first kappa shape index (κ1) is 19.6. The van der Waals surface area contributed by atoms with Crippen molar-refractivity contribution in [1.82, 2.24) is 4.98 Å². The molecule has 2 aromatic rings. The zero-order chi connectivity index (χ0) is 12.8. The fourth-order valence-electron chi connectivity index (χ4n) is 0.958. The lowest BCUT2D eigenvalue weighted by Crippen LogP contribution is -3.00. The van der Waals surface area contributed by atoms with Gasteiger partial charge < -0.3 is 17.0 Å². The fraction of sp³-hybridized carbons (Fsp3) is 0.286. The molecule has 0 unspecified atom stereocenters. The molecule has 0 bridgehead atoms. The monoisotopic (exact) mass is 374 g/mol. The normalized spacial score (nSPS) is 7.72. The molecular weight excluding hydrogens is 356 g/mol. The summed E-state index contributed by atoms with van der Waals surface area (Å²) >= 11 is 3.15. The van der Waals surface area contributed by atoms with E-state index in [0.717, 1.165) is 11.9 Å². The van der Waals surface area contributed by atoms with Crippen molar-refractivity contribution < 1.29 is 21.5 Å². The van der Waals surface area contributed by atoms with Crippen LogP contribution in [0.15, 0.2) is 61.2 Å². The average molecular weight is 376 g/mol. The summed E-state index contributed by atoms with van der Waals surface area (Å²) in [7, 11) is 0. The quantitative estimate of drug-likeness (QED) is 0.523. The minimum Gasteiger partial charge on any atom is -1.00 e. The molecular formula is C14H20Br2N2. The third-order valence-electron chi connectivity index (χ3n) is 1.71. The predicted octanol–water partition coefficient (Wildman–Crippen LogP) is 0.481. The van der Waals surface area contributed by atoms with E-state index in [9.17, 15) is 0 Å². The molecule has 0 atom stereocenters. The Morgan fingerprint density at radius 2 is 1.33 bits per heavy atom. The molecule has 18 heavy (non-hydrogen) atoms. The predicted molar refractivity (Wildman–Crippen MR) is 76.0 cm³/mol. The maximum Gasteiger partial charge on any atom is 0.168 e. The Labute approximate surface area is 129 Å². The van der Waals surface area contributed by atoms with Gasteiger partial charge in [0, 0.05) is 29.9 Å². The SMILES string of the molecule is CCBr.CC[n+]1ccccc1.[Br-].c1ccncc1. The Morgan fingerprint density at radius 1 is 0.889 bits per heavy atom. The maximum absolute atomic E-state index is 3.78. The van der Waals surface area contributed by atoms with Gasteiger partial charge >= 0.3 is 0 Å². The first-order valence-electron chi connectivity index (χ1n) is 5.70. The molecule has 0 aliphatic carbocycles. The summed E-state index contributed by atoms with van der Waals surface area (Å²) in [5.74, 6) is 0. The molecule has 0 N–H and O–H groups in total. The lowest BCUT2D eigenvalue weighted by Gasteiger charge is -1.84. The number of hydrogen-bond donors (Lipinski definition) is 0. The van der Waals surface area contributed by atoms with Crippen molar-refractivity contribution in [2.45, 2.75) is 20.4 Å². The molecule has 2 aromatic heterocycles. The summed E-state index contributed by atoms with van der Waals surface area (Å²) in [6.07, 6.45) is 7.61. The Morgan fingerprint density at radius 3 is 1.56 bits per heavy atom. The van der Waals surface area contributed by atoms with Crippen LogP contribution in [0.5, 0.6) is 0 Å². The van der Waals surface area contributed by atoms with Gasteiger partial charge in [-0.25, -0.2) is 4.57 Å². The van der Waals surface area contributed by atoms with Crippen LogP contribution in [0.3, 0.4) is 0 Å². The van der Waals surface area contributed by atoms with Gasteiger partial charge in [0.1, 0.15) is 6.54 Å². The van der Waals surface area contributed by atoms with Gasteiger partial charge in [-0.2, -0.15) is 0 Å². The van der Waals surface area contributed by atoms with Crippen molar-refractivity contribution in [3.63, 3.8) is 0 Å². The minimum atomic E-state index is 0. The standard InChI is InChI=1S/C7H10N.C5H5N.C2H5Br.BrH/c1-2-8-6-4-3-5-7-8;1-2-4-6-5-3-1;1-2-3;/h3-7H,2H2,1H3;1-5H;2H2,1H3;1H/q+1;;;/p-1. The Hall–Kier alpha value is -0.740. The zero-order valence-electron chi connectivity index (χ0n) is 10.8. The molecule has 0 amide bonds. The van der Waals surface area contributed by atoms with Gasteiger partial charge in [0.05, 0.1) is 0 Å². The van der Waals surface area contributed by atoms with Crippen LogP contribution >= 0.6 is 15.9 Å². The number of aryl methyl sites for hydroxylation is 1. The van der Waals surface area contributed by atoms with Crippen LogP contribution in [0.25, 0.3) is 0 Å². The third kappa shape index (κ3) is 13.3. The molecule has 2 rings (SSSR count). The number of aromatic nitrogens is 2. The second kappa shape index (κ2) is 16.3. The van der Waals surface area contributed by atoms with Gasteiger partial charge in [-0.1, -0.05) is 35.0 Å². The summed E-state index contributed by atoms with van der Waals surface area (Å²) in [6.45, 7) is 5.22. The third-order valence-corrected chi connectivity index (χ3v) is 1.71. The Bertz CT molecular complexity index is 315. The summed E-state index contributed by atoms with van der Waals surface area (Å²) in [5.41, 5.74) is 0. The van der Waals surface area contributed by atoms with Crippen molar-refractivity contribution >= 4 is 15.9 Å². The van der Waals surface area contributed by atoms with E-state index >= 15 is 0 Å². The van der Waals surface area contributed by atoms with E-state index in [4.69, 9.17) is 0 Å². The van der Waals surface area contributed by atoms with E-state index in [0.29, 0.717) is 0 Å². The first-order valence-corrected chi connectivity index (χ1v) is 6.82. The average Bonchev–Trinajstić information content (AvgIpc) is 2.43. The first-order chi connectivity index (χ1) is 8.35. The number of nitrogens with zero attached hydrogens (tertiary/aromatic N) is 2. The zero-order valence-corrected chi connectivity index (χ0v) is 14.0. The van der Waals surface area contributed by atoms with E-state index in [2.05, 4.69) is 44.8 Å². The molecule has 2 nitrogen and oxygen atoms in total. The van der Waals surface area contributed by atoms with Gasteiger partial charge in [-0.3, -0.25) is 4.98 Å².